The van der Waals surface area contributed by atoms with E-state index in [1.807, 2.05) is 43.3 Å². The number of nitrogens with zero attached hydrogens (tertiary/aromatic N) is 1. The Morgan fingerprint density at radius 3 is 2.17 bits per heavy atom. The van der Waals surface area contributed by atoms with Gasteiger partial charge in [-0.2, -0.15) is 0 Å². The molecule has 0 amide bonds. The highest BCUT2D eigenvalue weighted by Gasteiger charge is 2.33. The van der Waals surface area contributed by atoms with Crippen LogP contribution in [0.5, 0.6) is 0 Å². The number of nitrogens with two attached hydrogens (primary N) is 1. The fourth-order valence-corrected chi connectivity index (χ4v) is 3.61. The number of rotatable bonds is 8. The van der Waals surface area contributed by atoms with Crippen LogP contribution in [-0.2, 0) is 22.4 Å². The third-order valence-electron chi connectivity index (χ3n) is 5.49. The Bertz CT molecular complexity index is 842. The second-order valence-corrected chi connectivity index (χ2v) is 7.55. The van der Waals surface area contributed by atoms with E-state index in [0.717, 1.165) is 29.9 Å². The molecule has 0 aliphatic carbocycles. The lowest BCUT2D eigenvalue weighted by Gasteiger charge is -2.30. The molecule has 1 fully saturated rings. The summed E-state index contributed by atoms with van der Waals surface area (Å²) in [5.41, 5.74) is 8.86. The van der Waals surface area contributed by atoms with E-state index < -0.39 is 11.5 Å². The molecule has 1 aliphatic rings. The first kappa shape index (κ1) is 21.0. The van der Waals surface area contributed by atoms with Crippen molar-refractivity contribution in [1.82, 2.24) is 0 Å². The van der Waals surface area contributed by atoms with Gasteiger partial charge >= 0.3 is 5.97 Å². The van der Waals surface area contributed by atoms with Gasteiger partial charge in [-0.15, -0.1) is 0 Å². The molecule has 2 aromatic rings. The SMILES string of the molecule is CCC(N)(Cc1ccc(CC(=O)O)cc1)C(=O)c1ccc(N2CCOCC2)cc1. The van der Waals surface area contributed by atoms with Crippen molar-refractivity contribution in [2.75, 3.05) is 31.2 Å². The summed E-state index contributed by atoms with van der Waals surface area (Å²) < 4.78 is 5.38. The summed E-state index contributed by atoms with van der Waals surface area (Å²) in [5.74, 6) is -0.946. The van der Waals surface area contributed by atoms with Gasteiger partial charge in [-0.3, -0.25) is 9.59 Å². The normalized spacial score (nSPS) is 16.3. The minimum absolute atomic E-state index is 0.0176. The maximum absolute atomic E-state index is 13.2. The first-order chi connectivity index (χ1) is 13.9. The van der Waals surface area contributed by atoms with Crippen LogP contribution >= 0.6 is 0 Å². The van der Waals surface area contributed by atoms with Crippen LogP contribution in [0.1, 0.15) is 34.8 Å². The highest BCUT2D eigenvalue weighted by Crippen LogP contribution is 2.23. The minimum Gasteiger partial charge on any atom is -0.481 e. The summed E-state index contributed by atoms with van der Waals surface area (Å²) in [6.07, 6.45) is 0.894. The van der Waals surface area contributed by atoms with Crippen LogP contribution in [0.15, 0.2) is 48.5 Å². The lowest BCUT2D eigenvalue weighted by atomic mass is 9.82. The van der Waals surface area contributed by atoms with Crippen LogP contribution in [-0.4, -0.2) is 48.7 Å². The third kappa shape index (κ3) is 5.22. The van der Waals surface area contributed by atoms with Gasteiger partial charge in [-0.05, 0) is 48.2 Å². The van der Waals surface area contributed by atoms with Crippen LogP contribution in [0.2, 0.25) is 0 Å². The summed E-state index contributed by atoms with van der Waals surface area (Å²) >= 11 is 0. The molecule has 0 radical (unpaired) electrons. The van der Waals surface area contributed by atoms with Crippen LogP contribution in [0.4, 0.5) is 5.69 Å². The van der Waals surface area contributed by atoms with Crippen molar-refractivity contribution in [3.05, 3.63) is 65.2 Å². The number of ether oxygens (including phenoxy) is 1. The zero-order valence-corrected chi connectivity index (χ0v) is 16.8. The number of morpholine rings is 1. The zero-order chi connectivity index (χ0) is 20.9. The number of carboxylic acid groups (broad SMARTS) is 1. The van der Waals surface area contributed by atoms with Crippen molar-refractivity contribution in [2.45, 2.75) is 31.7 Å². The highest BCUT2D eigenvalue weighted by atomic mass is 16.5. The van der Waals surface area contributed by atoms with Crippen LogP contribution in [0.25, 0.3) is 0 Å². The van der Waals surface area contributed by atoms with Gasteiger partial charge in [-0.1, -0.05) is 31.2 Å². The van der Waals surface area contributed by atoms with Crippen molar-refractivity contribution in [1.29, 1.82) is 0 Å². The summed E-state index contributed by atoms with van der Waals surface area (Å²) in [6, 6.07) is 14.9. The van der Waals surface area contributed by atoms with E-state index in [4.69, 9.17) is 15.6 Å². The van der Waals surface area contributed by atoms with Gasteiger partial charge in [0.2, 0.25) is 0 Å². The molecule has 3 rings (SSSR count). The smallest absolute Gasteiger partial charge is 0.307 e. The van der Waals surface area contributed by atoms with E-state index in [2.05, 4.69) is 4.90 Å². The van der Waals surface area contributed by atoms with Gasteiger partial charge in [0.25, 0.3) is 0 Å². The number of benzene rings is 2. The monoisotopic (exact) mass is 396 g/mol. The Kier molecular flexibility index (Phi) is 6.67. The van der Waals surface area contributed by atoms with E-state index in [0.29, 0.717) is 31.6 Å². The predicted octanol–water partition coefficient (Wildman–Crippen LogP) is 2.68. The maximum atomic E-state index is 13.2. The molecule has 1 atom stereocenters. The summed E-state index contributed by atoms with van der Waals surface area (Å²) in [6.45, 7) is 5.04. The Morgan fingerprint density at radius 1 is 1.03 bits per heavy atom. The molecule has 154 valence electrons. The van der Waals surface area contributed by atoms with E-state index in [-0.39, 0.29) is 12.2 Å². The van der Waals surface area contributed by atoms with Gasteiger partial charge in [0.1, 0.15) is 0 Å². The first-order valence-corrected chi connectivity index (χ1v) is 9.97. The molecule has 0 aromatic heterocycles. The number of carbonyl (C=O) groups excluding carboxylic acids is 1. The van der Waals surface area contributed by atoms with E-state index in [1.165, 1.54) is 0 Å². The maximum Gasteiger partial charge on any atom is 0.307 e. The average molecular weight is 396 g/mol. The molecule has 1 saturated heterocycles. The predicted molar refractivity (Wildman–Crippen MR) is 112 cm³/mol. The fraction of sp³-hybridized carbons (Fsp3) is 0.391. The van der Waals surface area contributed by atoms with Gasteiger partial charge in [0.15, 0.2) is 5.78 Å². The Morgan fingerprint density at radius 2 is 1.62 bits per heavy atom. The van der Waals surface area contributed by atoms with Crippen molar-refractivity contribution in [3.8, 4) is 0 Å². The number of carbonyl (C=O) groups is 2. The Hall–Kier alpha value is -2.70. The van der Waals surface area contributed by atoms with E-state index >= 15 is 0 Å². The standard InChI is InChI=1S/C23H28N2O4/c1-2-23(24,16-18-5-3-17(4-6-18)15-21(26)27)22(28)19-7-9-20(10-8-19)25-11-13-29-14-12-25/h3-10H,2,11-16,24H2,1H3,(H,26,27). The molecule has 0 saturated carbocycles. The number of aliphatic carboxylic acids is 1. The first-order valence-electron chi connectivity index (χ1n) is 9.97. The number of anilines is 1. The number of hydrogen-bond acceptors (Lipinski definition) is 5. The molecule has 1 heterocycles. The highest BCUT2D eigenvalue weighted by molar-refractivity contribution is 6.03. The molecule has 6 heteroatoms. The topological polar surface area (TPSA) is 92.9 Å². The molecule has 1 unspecified atom stereocenters. The summed E-state index contributed by atoms with van der Waals surface area (Å²) in [5, 5.41) is 8.89. The molecule has 2 aromatic carbocycles. The Balaban J connectivity index is 1.71. The number of ketones is 1. The van der Waals surface area contributed by atoms with Crippen molar-refractivity contribution >= 4 is 17.4 Å². The number of hydrogen-bond donors (Lipinski definition) is 2. The molecule has 29 heavy (non-hydrogen) atoms. The van der Waals surface area contributed by atoms with Gasteiger partial charge in [-0.25, -0.2) is 0 Å². The van der Waals surface area contributed by atoms with Gasteiger partial charge in [0, 0.05) is 24.3 Å². The molecular weight excluding hydrogens is 368 g/mol. The minimum atomic E-state index is -1.01. The number of Topliss-reactive ketones (excluding diaryl/α,β-unsaturated/α-hetero) is 1. The number of carboxylic acids is 1. The van der Waals surface area contributed by atoms with Crippen molar-refractivity contribution < 1.29 is 19.4 Å². The summed E-state index contributed by atoms with van der Waals surface area (Å²) in [4.78, 5) is 26.2. The lowest BCUT2D eigenvalue weighted by Crippen LogP contribution is -2.49. The van der Waals surface area contributed by atoms with Crippen molar-refractivity contribution in [3.63, 3.8) is 0 Å². The quantitative estimate of drug-likeness (QED) is 0.667. The van der Waals surface area contributed by atoms with Gasteiger partial charge < -0.3 is 20.5 Å². The lowest BCUT2D eigenvalue weighted by molar-refractivity contribution is -0.136. The Labute approximate surface area is 171 Å². The molecule has 1 aliphatic heterocycles. The second kappa shape index (κ2) is 9.20. The van der Waals surface area contributed by atoms with E-state index in [9.17, 15) is 9.59 Å². The zero-order valence-electron chi connectivity index (χ0n) is 16.8. The average Bonchev–Trinajstić information content (AvgIpc) is 2.75. The van der Waals surface area contributed by atoms with E-state index in [1.54, 1.807) is 12.1 Å². The molecule has 3 N–H and O–H groups in total. The van der Waals surface area contributed by atoms with Gasteiger partial charge in [0.05, 0.1) is 25.2 Å². The largest absolute Gasteiger partial charge is 0.481 e. The third-order valence-corrected chi connectivity index (χ3v) is 5.49. The second-order valence-electron chi connectivity index (χ2n) is 7.55. The summed E-state index contributed by atoms with van der Waals surface area (Å²) in [7, 11) is 0. The van der Waals surface area contributed by atoms with Crippen LogP contribution in [0.3, 0.4) is 0 Å². The molecule has 0 bridgehead atoms. The molecule has 6 nitrogen and oxygen atoms in total. The fourth-order valence-electron chi connectivity index (χ4n) is 3.61. The van der Waals surface area contributed by atoms with Crippen LogP contribution < -0.4 is 10.6 Å². The molecule has 0 spiro atoms. The van der Waals surface area contributed by atoms with Crippen molar-refractivity contribution in [2.24, 2.45) is 5.73 Å². The van der Waals surface area contributed by atoms with Crippen LogP contribution in [0, 0.1) is 0 Å². The molecular formula is C23H28N2O4.